The molecule has 1 saturated heterocycles. The van der Waals surface area contributed by atoms with E-state index in [4.69, 9.17) is 10.5 Å². The quantitative estimate of drug-likeness (QED) is 0.590. The predicted octanol–water partition coefficient (Wildman–Crippen LogP) is 3.24. The van der Waals surface area contributed by atoms with Gasteiger partial charge in [-0.15, -0.1) is 0 Å². The Kier molecular flexibility index (Phi) is 6.29. The molecular formula is C22H19F5N6O3. The number of nitriles is 1. The van der Waals surface area contributed by atoms with Gasteiger partial charge < -0.3 is 20.5 Å². The normalized spacial score (nSPS) is 27.5. The van der Waals surface area contributed by atoms with E-state index in [9.17, 15) is 27.6 Å². The molecule has 1 aromatic heterocycles. The molecule has 1 fully saturated rings. The van der Waals surface area contributed by atoms with E-state index >= 15 is 4.39 Å². The van der Waals surface area contributed by atoms with Crippen molar-refractivity contribution < 1.29 is 36.2 Å². The molecule has 2 aliphatic rings. The summed E-state index contributed by atoms with van der Waals surface area (Å²) < 4.78 is 78.3. The van der Waals surface area contributed by atoms with Gasteiger partial charge in [0.2, 0.25) is 12.7 Å². The highest BCUT2D eigenvalue weighted by molar-refractivity contribution is 6.02. The standard InChI is InChI=1S/C22H19F5N6O3/c1-20(8-28)5-13-17(22(25,26)27)35-9-21(13,33-19(20)29)12-4-11(2-3-14(12)24)32-18(34)15-6-31-16(7-30-15)36-10-23/h2-4,6-7,13,17H,5,9-10H2,1H3,(H2,29,33)(H,32,34)/t13-,17+,20+,21-/m0/s1. The van der Waals surface area contributed by atoms with Crippen molar-refractivity contribution in [3.8, 4) is 11.9 Å². The average molecular weight is 510 g/mol. The van der Waals surface area contributed by atoms with E-state index in [1.54, 1.807) is 0 Å². The van der Waals surface area contributed by atoms with Crippen LogP contribution in [-0.4, -0.2) is 47.5 Å². The fourth-order valence-corrected chi connectivity index (χ4v) is 4.42. The Hall–Kier alpha value is -3.86. The number of nitrogens with two attached hydrogens (primary N) is 1. The molecule has 0 spiro atoms. The summed E-state index contributed by atoms with van der Waals surface area (Å²) in [6.07, 6.45) is -5.44. The maximum atomic E-state index is 15.1. The van der Waals surface area contributed by atoms with Crippen LogP contribution in [0.4, 0.5) is 27.6 Å². The zero-order valence-corrected chi connectivity index (χ0v) is 18.6. The summed E-state index contributed by atoms with van der Waals surface area (Å²) in [5.41, 5.74) is 2.15. The van der Waals surface area contributed by atoms with Gasteiger partial charge in [0.15, 0.2) is 6.10 Å². The summed E-state index contributed by atoms with van der Waals surface area (Å²) in [5, 5.41) is 12.0. The second-order valence-electron chi connectivity index (χ2n) is 8.59. The van der Waals surface area contributed by atoms with Crippen LogP contribution in [-0.2, 0) is 10.3 Å². The molecule has 2 aromatic rings. The van der Waals surface area contributed by atoms with Crippen molar-refractivity contribution in [3.63, 3.8) is 0 Å². The predicted molar refractivity (Wildman–Crippen MR) is 114 cm³/mol. The summed E-state index contributed by atoms with van der Waals surface area (Å²) in [4.78, 5) is 24.3. The molecule has 0 aliphatic carbocycles. The summed E-state index contributed by atoms with van der Waals surface area (Å²) in [6.45, 7) is -0.417. The lowest BCUT2D eigenvalue weighted by atomic mass is 9.66. The Labute approximate surface area is 201 Å². The third kappa shape index (κ3) is 4.30. The molecule has 14 heteroatoms. The van der Waals surface area contributed by atoms with E-state index in [-0.39, 0.29) is 35.1 Å². The lowest BCUT2D eigenvalue weighted by Gasteiger charge is -2.42. The van der Waals surface area contributed by atoms with Crippen LogP contribution < -0.4 is 15.8 Å². The van der Waals surface area contributed by atoms with Crippen molar-refractivity contribution in [2.24, 2.45) is 22.1 Å². The Balaban J connectivity index is 1.72. The molecule has 1 aromatic carbocycles. The van der Waals surface area contributed by atoms with E-state index < -0.39 is 54.3 Å². The Morgan fingerprint density at radius 1 is 1.36 bits per heavy atom. The largest absolute Gasteiger partial charge is 0.445 e. The lowest BCUT2D eigenvalue weighted by Crippen LogP contribution is -2.51. The number of amidine groups is 1. The minimum absolute atomic E-state index is 0.0215. The first kappa shape index (κ1) is 25.2. The molecule has 3 N–H and O–H groups in total. The smallest absolute Gasteiger partial charge is 0.415 e. The van der Waals surface area contributed by atoms with Crippen LogP contribution in [0.5, 0.6) is 5.88 Å². The maximum Gasteiger partial charge on any atom is 0.415 e. The third-order valence-corrected chi connectivity index (χ3v) is 6.30. The second kappa shape index (κ2) is 8.98. The van der Waals surface area contributed by atoms with E-state index in [0.29, 0.717) is 0 Å². The lowest BCUT2D eigenvalue weighted by molar-refractivity contribution is -0.218. The number of carbonyl (C=O) groups is 1. The van der Waals surface area contributed by atoms with E-state index in [1.165, 1.54) is 13.0 Å². The van der Waals surface area contributed by atoms with Gasteiger partial charge in [-0.3, -0.25) is 9.79 Å². The van der Waals surface area contributed by atoms with Gasteiger partial charge in [0, 0.05) is 17.2 Å². The number of alkyl halides is 4. The molecule has 0 radical (unpaired) electrons. The number of amides is 1. The van der Waals surface area contributed by atoms with Crippen LogP contribution in [0.3, 0.4) is 0 Å². The van der Waals surface area contributed by atoms with E-state index in [2.05, 4.69) is 25.0 Å². The molecular weight excluding hydrogens is 491 g/mol. The first-order chi connectivity index (χ1) is 16.9. The first-order valence-electron chi connectivity index (χ1n) is 10.5. The molecule has 4 atom stereocenters. The van der Waals surface area contributed by atoms with Crippen LogP contribution >= 0.6 is 0 Å². The summed E-state index contributed by atoms with van der Waals surface area (Å²) in [6, 6.07) is 5.20. The molecule has 4 rings (SSSR count). The fourth-order valence-electron chi connectivity index (χ4n) is 4.42. The fraction of sp³-hybridized carbons (Fsp3) is 0.409. The monoisotopic (exact) mass is 510 g/mol. The van der Waals surface area contributed by atoms with Crippen molar-refractivity contribution in [3.05, 3.63) is 47.7 Å². The molecule has 3 heterocycles. The van der Waals surface area contributed by atoms with Gasteiger partial charge in [-0.05, 0) is 31.5 Å². The number of aromatic nitrogens is 2. The SMILES string of the molecule is C[C@]1(C#N)C[C@H]2[C@H](C(F)(F)F)OC[C@@]2(c2cc(NC(=O)c3cnc(OCF)cn3)ccc2F)N=C1N. The molecule has 36 heavy (non-hydrogen) atoms. The van der Waals surface area contributed by atoms with Crippen molar-refractivity contribution in [2.75, 3.05) is 18.8 Å². The topological polar surface area (TPSA) is 136 Å². The zero-order chi connectivity index (χ0) is 26.3. The highest BCUT2D eigenvalue weighted by atomic mass is 19.4. The molecule has 190 valence electrons. The Bertz CT molecular complexity index is 1250. The van der Waals surface area contributed by atoms with Gasteiger partial charge in [-0.2, -0.15) is 18.4 Å². The van der Waals surface area contributed by atoms with Crippen molar-refractivity contribution in [1.29, 1.82) is 5.26 Å². The van der Waals surface area contributed by atoms with Gasteiger partial charge in [0.25, 0.3) is 5.91 Å². The van der Waals surface area contributed by atoms with E-state index in [1.807, 2.05) is 6.07 Å². The molecule has 0 bridgehead atoms. The number of fused-ring (bicyclic) bond motifs is 1. The van der Waals surface area contributed by atoms with Crippen LogP contribution in [0.15, 0.2) is 35.6 Å². The minimum Gasteiger partial charge on any atom is -0.445 e. The third-order valence-electron chi connectivity index (χ3n) is 6.30. The summed E-state index contributed by atoms with van der Waals surface area (Å²) in [7, 11) is 0. The van der Waals surface area contributed by atoms with Crippen LogP contribution in [0.25, 0.3) is 0 Å². The molecule has 1 amide bonds. The number of hydrogen-bond acceptors (Lipinski definition) is 8. The summed E-state index contributed by atoms with van der Waals surface area (Å²) >= 11 is 0. The first-order valence-corrected chi connectivity index (χ1v) is 10.5. The zero-order valence-electron chi connectivity index (χ0n) is 18.6. The van der Waals surface area contributed by atoms with Gasteiger partial charge >= 0.3 is 6.18 Å². The number of aliphatic imine (C=N–C) groups is 1. The number of nitrogens with zero attached hydrogens (tertiary/aromatic N) is 4. The molecule has 9 nitrogen and oxygen atoms in total. The second-order valence-corrected chi connectivity index (χ2v) is 8.59. The van der Waals surface area contributed by atoms with Crippen molar-refractivity contribution >= 4 is 17.4 Å². The molecule has 2 aliphatic heterocycles. The van der Waals surface area contributed by atoms with Gasteiger partial charge in [-0.1, -0.05) is 0 Å². The van der Waals surface area contributed by atoms with Gasteiger partial charge in [0.05, 0.1) is 25.1 Å². The van der Waals surface area contributed by atoms with Crippen LogP contribution in [0.2, 0.25) is 0 Å². The molecule has 0 saturated carbocycles. The van der Waals surface area contributed by atoms with Crippen LogP contribution in [0, 0.1) is 28.5 Å². The number of carbonyl (C=O) groups excluding carboxylic acids is 1. The number of benzene rings is 1. The number of halogens is 5. The van der Waals surface area contributed by atoms with E-state index in [0.717, 1.165) is 24.5 Å². The number of rotatable bonds is 5. The number of ether oxygens (including phenoxy) is 2. The Morgan fingerprint density at radius 3 is 2.72 bits per heavy atom. The van der Waals surface area contributed by atoms with Crippen molar-refractivity contribution in [2.45, 2.75) is 31.2 Å². The number of hydrogen-bond donors (Lipinski definition) is 2. The average Bonchev–Trinajstić information content (AvgIpc) is 3.20. The van der Waals surface area contributed by atoms with Crippen LogP contribution in [0.1, 0.15) is 29.4 Å². The Morgan fingerprint density at radius 2 is 2.11 bits per heavy atom. The molecule has 0 unspecified atom stereocenters. The number of anilines is 1. The van der Waals surface area contributed by atoms with Gasteiger partial charge in [-0.25, -0.2) is 18.7 Å². The van der Waals surface area contributed by atoms with Gasteiger partial charge in [0.1, 0.15) is 28.3 Å². The van der Waals surface area contributed by atoms with Crippen molar-refractivity contribution in [1.82, 2.24) is 9.97 Å². The highest BCUT2D eigenvalue weighted by Crippen LogP contribution is 2.55. The number of nitrogens with one attached hydrogen (secondary N) is 1. The minimum atomic E-state index is -4.80. The highest BCUT2D eigenvalue weighted by Gasteiger charge is 2.64. The maximum absolute atomic E-state index is 15.1. The summed E-state index contributed by atoms with van der Waals surface area (Å²) in [5.74, 6) is -3.52.